The first-order valence-corrected chi connectivity index (χ1v) is 13.0. The van der Waals surface area contributed by atoms with Crippen molar-refractivity contribution in [1.82, 2.24) is 19.4 Å². The van der Waals surface area contributed by atoms with Gasteiger partial charge >= 0.3 is 5.69 Å². The molecule has 0 atom stereocenters. The Hall–Kier alpha value is -4.27. The van der Waals surface area contributed by atoms with Crippen molar-refractivity contribution in [1.29, 1.82) is 0 Å². The van der Waals surface area contributed by atoms with Crippen LogP contribution in [0.3, 0.4) is 0 Å². The summed E-state index contributed by atoms with van der Waals surface area (Å²) in [6.07, 6.45) is 2.62. The second kappa shape index (κ2) is 11.0. The maximum absolute atomic E-state index is 12.7. The van der Waals surface area contributed by atoms with Crippen molar-refractivity contribution in [2.24, 2.45) is 0 Å². The molecule has 9 heteroatoms. The number of benzene rings is 2. The molecule has 1 saturated heterocycles. The minimum absolute atomic E-state index is 0.0163. The van der Waals surface area contributed by atoms with Gasteiger partial charge in [0.1, 0.15) is 17.0 Å². The molecule has 0 saturated carbocycles. The SMILES string of the molecule is CCCn1c(=O)[nH]c(=O)c2[nH]c(-c3ccc(OCC(=O)N4CCC(c5ccc(OC)cc5)CC4)cc3)cc21. The number of aromatic nitrogens is 3. The number of nitrogens with zero attached hydrogens (tertiary/aromatic N) is 2. The smallest absolute Gasteiger partial charge is 0.328 e. The van der Waals surface area contributed by atoms with E-state index in [1.54, 1.807) is 23.8 Å². The van der Waals surface area contributed by atoms with Crippen LogP contribution < -0.4 is 20.7 Å². The average Bonchev–Trinajstić information content (AvgIpc) is 3.40. The van der Waals surface area contributed by atoms with E-state index in [4.69, 9.17) is 9.47 Å². The number of ether oxygens (including phenoxy) is 2. The Morgan fingerprint density at radius 1 is 0.974 bits per heavy atom. The zero-order valence-electron chi connectivity index (χ0n) is 21.7. The summed E-state index contributed by atoms with van der Waals surface area (Å²) in [5.41, 5.74) is 2.96. The molecule has 1 aliphatic heterocycles. The number of carbonyl (C=O) groups excluding carboxylic acids is 1. The van der Waals surface area contributed by atoms with E-state index in [9.17, 15) is 14.4 Å². The van der Waals surface area contributed by atoms with Crippen molar-refractivity contribution >= 4 is 16.9 Å². The maximum Gasteiger partial charge on any atom is 0.328 e. The van der Waals surface area contributed by atoms with Gasteiger partial charge < -0.3 is 19.4 Å². The van der Waals surface area contributed by atoms with E-state index in [1.165, 1.54) is 5.56 Å². The molecule has 0 aliphatic carbocycles. The topological polar surface area (TPSA) is 109 Å². The number of H-pyrrole nitrogens is 2. The van der Waals surface area contributed by atoms with Crippen LogP contribution in [-0.4, -0.2) is 52.1 Å². The van der Waals surface area contributed by atoms with Gasteiger partial charge in [-0.05, 0) is 78.8 Å². The average molecular weight is 517 g/mol. The molecule has 1 amide bonds. The fourth-order valence-corrected chi connectivity index (χ4v) is 5.07. The molecule has 0 bridgehead atoms. The van der Waals surface area contributed by atoms with E-state index in [0.717, 1.165) is 36.3 Å². The Morgan fingerprint density at radius 3 is 2.32 bits per heavy atom. The Kier molecular flexibility index (Phi) is 7.35. The lowest BCUT2D eigenvalue weighted by Crippen LogP contribution is -2.40. The fourth-order valence-electron chi connectivity index (χ4n) is 5.07. The lowest BCUT2D eigenvalue weighted by atomic mass is 9.89. The Labute approximate surface area is 220 Å². The number of fused-ring (bicyclic) bond motifs is 1. The molecular formula is C29H32N4O5. The van der Waals surface area contributed by atoms with E-state index in [0.29, 0.717) is 42.3 Å². The monoisotopic (exact) mass is 516 g/mol. The largest absolute Gasteiger partial charge is 0.497 e. The van der Waals surface area contributed by atoms with Gasteiger partial charge in [-0.15, -0.1) is 0 Å². The Balaban J connectivity index is 1.18. The second-order valence-electron chi connectivity index (χ2n) is 9.60. The van der Waals surface area contributed by atoms with E-state index in [-0.39, 0.29) is 12.5 Å². The molecule has 3 heterocycles. The number of piperidine rings is 1. The highest BCUT2D eigenvalue weighted by molar-refractivity contribution is 5.82. The lowest BCUT2D eigenvalue weighted by Gasteiger charge is -2.32. The summed E-state index contributed by atoms with van der Waals surface area (Å²) in [6, 6.07) is 17.3. The van der Waals surface area contributed by atoms with Gasteiger partial charge in [0.15, 0.2) is 6.61 Å². The number of aryl methyl sites for hydroxylation is 1. The van der Waals surface area contributed by atoms with Crippen molar-refractivity contribution in [3.8, 4) is 22.8 Å². The highest BCUT2D eigenvalue weighted by atomic mass is 16.5. The zero-order chi connectivity index (χ0) is 26.6. The molecule has 0 radical (unpaired) electrons. The summed E-state index contributed by atoms with van der Waals surface area (Å²) in [4.78, 5) is 44.6. The third kappa shape index (κ3) is 5.22. The fraction of sp³-hybridized carbons (Fsp3) is 0.345. The van der Waals surface area contributed by atoms with Gasteiger partial charge in [0, 0.05) is 25.3 Å². The van der Waals surface area contributed by atoms with Crippen LogP contribution in [0, 0.1) is 0 Å². The second-order valence-corrected chi connectivity index (χ2v) is 9.60. The van der Waals surface area contributed by atoms with Gasteiger partial charge in [0.05, 0.1) is 12.6 Å². The summed E-state index contributed by atoms with van der Waals surface area (Å²) in [6.45, 7) is 3.90. The molecule has 2 aromatic carbocycles. The Morgan fingerprint density at radius 2 is 1.66 bits per heavy atom. The number of aromatic amines is 2. The highest BCUT2D eigenvalue weighted by Crippen LogP contribution is 2.29. The molecule has 9 nitrogen and oxygen atoms in total. The van der Waals surface area contributed by atoms with Gasteiger partial charge in [-0.1, -0.05) is 19.1 Å². The first kappa shape index (κ1) is 25.4. The summed E-state index contributed by atoms with van der Waals surface area (Å²) < 4.78 is 12.6. The molecule has 0 spiro atoms. The van der Waals surface area contributed by atoms with Crippen molar-refractivity contribution in [3.63, 3.8) is 0 Å². The molecule has 38 heavy (non-hydrogen) atoms. The first-order valence-electron chi connectivity index (χ1n) is 13.0. The normalized spacial score (nSPS) is 14.1. The van der Waals surface area contributed by atoms with E-state index < -0.39 is 11.2 Å². The van der Waals surface area contributed by atoms with Crippen LogP contribution >= 0.6 is 0 Å². The molecule has 2 aromatic heterocycles. The van der Waals surface area contributed by atoms with E-state index in [2.05, 4.69) is 22.1 Å². The predicted octanol–water partition coefficient (Wildman–Crippen LogP) is 3.89. The van der Waals surface area contributed by atoms with Crippen molar-refractivity contribution in [3.05, 3.63) is 81.0 Å². The standard InChI is InChI=1S/C29H32N4O5/c1-3-14-33-25-17-24(30-27(25)28(35)31-29(33)36)21-6-10-23(11-7-21)38-18-26(34)32-15-12-20(13-16-32)19-4-8-22(37-2)9-5-19/h4-11,17,20,30H,3,12-16,18H2,1-2H3,(H,31,35,36). The summed E-state index contributed by atoms with van der Waals surface area (Å²) in [7, 11) is 1.66. The summed E-state index contributed by atoms with van der Waals surface area (Å²) >= 11 is 0. The molecule has 1 fully saturated rings. The molecule has 198 valence electrons. The van der Waals surface area contributed by atoms with Crippen LogP contribution in [0.2, 0.25) is 0 Å². The Bertz CT molecular complexity index is 1520. The zero-order valence-corrected chi connectivity index (χ0v) is 21.7. The third-order valence-corrected chi connectivity index (χ3v) is 7.19. The quantitative estimate of drug-likeness (QED) is 0.369. The van der Waals surface area contributed by atoms with Crippen LogP contribution in [-0.2, 0) is 11.3 Å². The van der Waals surface area contributed by atoms with Gasteiger partial charge in [0.2, 0.25) is 0 Å². The summed E-state index contributed by atoms with van der Waals surface area (Å²) in [5, 5.41) is 0. The lowest BCUT2D eigenvalue weighted by molar-refractivity contribution is -0.134. The number of methoxy groups -OCH3 is 1. The van der Waals surface area contributed by atoms with E-state index >= 15 is 0 Å². The third-order valence-electron chi connectivity index (χ3n) is 7.19. The van der Waals surface area contributed by atoms with Crippen LogP contribution in [0.15, 0.2) is 64.2 Å². The molecule has 4 aromatic rings. The molecule has 2 N–H and O–H groups in total. The molecular weight excluding hydrogens is 484 g/mol. The number of rotatable bonds is 8. The number of amides is 1. The van der Waals surface area contributed by atoms with Crippen LogP contribution in [0.5, 0.6) is 11.5 Å². The summed E-state index contributed by atoms with van der Waals surface area (Å²) in [5.74, 6) is 1.86. The van der Waals surface area contributed by atoms with Crippen molar-refractivity contribution < 1.29 is 14.3 Å². The maximum atomic E-state index is 12.7. The molecule has 1 aliphatic rings. The predicted molar refractivity (Wildman–Crippen MR) is 146 cm³/mol. The highest BCUT2D eigenvalue weighted by Gasteiger charge is 2.24. The van der Waals surface area contributed by atoms with Gasteiger partial charge in [-0.25, -0.2) is 4.79 Å². The number of nitrogens with one attached hydrogen (secondary N) is 2. The van der Waals surface area contributed by atoms with Gasteiger partial charge in [0.25, 0.3) is 11.5 Å². The minimum Gasteiger partial charge on any atom is -0.497 e. The van der Waals surface area contributed by atoms with Crippen LogP contribution in [0.1, 0.15) is 37.7 Å². The van der Waals surface area contributed by atoms with Gasteiger partial charge in [-0.3, -0.25) is 19.1 Å². The number of hydrogen-bond acceptors (Lipinski definition) is 5. The van der Waals surface area contributed by atoms with Crippen molar-refractivity contribution in [2.45, 2.75) is 38.6 Å². The number of hydrogen-bond donors (Lipinski definition) is 2. The molecule has 5 rings (SSSR count). The van der Waals surface area contributed by atoms with Crippen LogP contribution in [0.25, 0.3) is 22.3 Å². The number of carbonyl (C=O) groups is 1. The number of likely N-dealkylation sites (tertiary alicyclic amines) is 1. The van der Waals surface area contributed by atoms with E-state index in [1.807, 2.05) is 42.2 Å². The molecule has 0 unspecified atom stereocenters. The minimum atomic E-state index is -0.435. The van der Waals surface area contributed by atoms with Crippen LogP contribution in [0.4, 0.5) is 0 Å². The first-order chi connectivity index (χ1) is 18.5. The van der Waals surface area contributed by atoms with Gasteiger partial charge in [-0.2, -0.15) is 0 Å². The van der Waals surface area contributed by atoms with Crippen molar-refractivity contribution in [2.75, 3.05) is 26.8 Å².